The van der Waals surface area contributed by atoms with E-state index in [1.54, 1.807) is 0 Å². The zero-order valence-electron chi connectivity index (χ0n) is 7.20. The monoisotopic (exact) mass is 162 g/mol. The Morgan fingerprint density at radius 2 is 0.909 bits per heavy atom. The van der Waals surface area contributed by atoms with Gasteiger partial charge in [0.1, 0.15) is 0 Å². The Bertz CT molecular complexity index is 74.6. The summed E-state index contributed by atoms with van der Waals surface area (Å²) in [6.45, 7) is 0. The van der Waals surface area contributed by atoms with Crippen molar-refractivity contribution in [1.82, 2.24) is 0 Å². The average molecular weight is 162 g/mol. The molecule has 0 aliphatic carbocycles. The third-order valence-electron chi connectivity index (χ3n) is 0.992. The molecule has 0 aromatic heterocycles. The van der Waals surface area contributed by atoms with Gasteiger partial charge in [-0.2, -0.15) is 0 Å². The highest BCUT2D eigenvalue weighted by Crippen LogP contribution is 1.94. The normalized spacial score (nSPS) is 9.82. The second-order valence-electron chi connectivity index (χ2n) is 1.66. The van der Waals surface area contributed by atoms with Gasteiger partial charge in [-0.05, 0) is 0 Å². The second kappa shape index (κ2) is 6.63. The molecule has 11 heavy (non-hydrogen) atoms. The van der Waals surface area contributed by atoms with Gasteiger partial charge in [0.25, 0.3) is 0 Å². The van der Waals surface area contributed by atoms with Gasteiger partial charge >= 0.3 is 14.6 Å². The molecule has 7 heteroatoms. The topological polar surface area (TPSA) is 46.2 Å². The molecule has 5 nitrogen and oxygen atoms in total. The lowest BCUT2D eigenvalue weighted by molar-refractivity contribution is 0.136. The van der Waals surface area contributed by atoms with Crippen molar-refractivity contribution < 1.29 is 23.2 Å². The van der Waals surface area contributed by atoms with Crippen LogP contribution in [-0.4, -0.2) is 43.1 Å². The number of hydrogen-bond donors (Lipinski definition) is 0. The molecule has 0 rings (SSSR count). The molecule has 0 aromatic carbocycles. The van der Waals surface area contributed by atoms with Crippen molar-refractivity contribution in [2.45, 2.75) is 0 Å². The first-order valence-electron chi connectivity index (χ1n) is 3.05. The zero-order valence-corrected chi connectivity index (χ0v) is 7.20. The Balaban J connectivity index is 3.58. The zero-order chi connectivity index (χ0) is 8.69. The lowest BCUT2D eigenvalue weighted by Crippen LogP contribution is -2.35. The van der Waals surface area contributed by atoms with Crippen LogP contribution >= 0.6 is 0 Å². The molecule has 0 aliphatic heterocycles. The molecule has 0 saturated carbocycles. The van der Waals surface area contributed by atoms with Crippen molar-refractivity contribution >= 4 is 14.6 Å². The summed E-state index contributed by atoms with van der Waals surface area (Å²) in [6.07, 6.45) is 0. The molecule has 0 bridgehead atoms. The van der Waals surface area contributed by atoms with E-state index in [4.69, 9.17) is 23.2 Å². The van der Waals surface area contributed by atoms with Gasteiger partial charge in [0.2, 0.25) is 0 Å². The molecule has 0 atom stereocenters. The van der Waals surface area contributed by atoms with Crippen LogP contribution in [0.2, 0.25) is 0 Å². The fourth-order valence-electron chi connectivity index (χ4n) is 0.505. The van der Waals surface area contributed by atoms with E-state index < -0.39 is 14.6 Å². The summed E-state index contributed by atoms with van der Waals surface area (Å²) in [4.78, 5) is 0. The molecule has 0 spiro atoms. The van der Waals surface area contributed by atoms with Gasteiger partial charge in [-0.1, -0.05) is 0 Å². The minimum atomic E-state index is -0.764. The maximum atomic E-state index is 4.96. The molecule has 0 amide bonds. The van der Waals surface area contributed by atoms with Gasteiger partial charge in [-0.25, -0.2) is 0 Å². The third-order valence-corrected chi connectivity index (χ3v) is 0.992. The van der Waals surface area contributed by atoms with Crippen LogP contribution in [0, 0.1) is 0 Å². The summed E-state index contributed by atoms with van der Waals surface area (Å²) >= 11 is 0. The average Bonchev–Trinajstić information content (AvgIpc) is 2.07. The highest BCUT2D eigenvalue weighted by molar-refractivity contribution is 6.51. The third kappa shape index (κ3) is 4.39. The molecule has 0 aromatic rings. The Morgan fingerprint density at radius 1 is 0.636 bits per heavy atom. The molecule has 0 fully saturated rings. The summed E-state index contributed by atoms with van der Waals surface area (Å²) in [5.41, 5.74) is 0. The first kappa shape index (κ1) is 10.9. The minimum absolute atomic E-state index is 0.764. The summed E-state index contributed by atoms with van der Waals surface area (Å²) in [5.74, 6) is 0. The molecule has 0 radical (unpaired) electrons. The maximum absolute atomic E-state index is 4.96. The Kier molecular flexibility index (Phi) is 6.59. The van der Waals surface area contributed by atoms with Crippen LogP contribution in [0.25, 0.3) is 0 Å². The lowest BCUT2D eigenvalue weighted by Gasteiger charge is -2.12. The van der Waals surface area contributed by atoms with Crippen LogP contribution in [0.3, 0.4) is 0 Å². The fraction of sp³-hybridized carbons (Fsp3) is 1.00. The van der Waals surface area contributed by atoms with Crippen LogP contribution in [0.5, 0.6) is 0 Å². The van der Waals surface area contributed by atoms with Crippen LogP contribution in [0.4, 0.5) is 0 Å². The van der Waals surface area contributed by atoms with E-state index in [2.05, 4.69) is 0 Å². The van der Waals surface area contributed by atoms with Gasteiger partial charge in [0.15, 0.2) is 0 Å². The van der Waals surface area contributed by atoms with Crippen molar-refractivity contribution in [2.75, 3.05) is 28.4 Å². The molecule has 64 valence electrons. The minimum Gasteiger partial charge on any atom is -0.399 e. The fourth-order valence-corrected chi connectivity index (χ4v) is 0.505. The van der Waals surface area contributed by atoms with Gasteiger partial charge in [-0.3, -0.25) is 0 Å². The van der Waals surface area contributed by atoms with E-state index in [1.165, 1.54) is 28.4 Å². The first-order chi connectivity index (χ1) is 5.28. The lowest BCUT2D eigenvalue weighted by atomic mass is 10.1. The molecule has 0 saturated heterocycles. The quantitative estimate of drug-likeness (QED) is 0.495. The van der Waals surface area contributed by atoms with Gasteiger partial charge in [-0.15, -0.1) is 0 Å². The van der Waals surface area contributed by atoms with Gasteiger partial charge < -0.3 is 23.2 Å². The summed E-state index contributed by atoms with van der Waals surface area (Å²) in [7, 11) is 4.29. The Morgan fingerprint density at radius 3 is 1.09 bits per heavy atom. The van der Waals surface area contributed by atoms with E-state index in [-0.39, 0.29) is 0 Å². The van der Waals surface area contributed by atoms with Crippen molar-refractivity contribution in [2.24, 2.45) is 0 Å². The molecule has 0 aliphatic rings. The highest BCUT2D eigenvalue weighted by atomic mass is 16.8. The van der Waals surface area contributed by atoms with Crippen molar-refractivity contribution in [3.05, 3.63) is 0 Å². The molecule has 0 unspecified atom stereocenters. The second-order valence-corrected chi connectivity index (χ2v) is 1.66. The molecular weight excluding hydrogens is 150 g/mol. The summed E-state index contributed by atoms with van der Waals surface area (Å²) < 4.78 is 23.9. The Labute approximate surface area is 67.3 Å². The van der Waals surface area contributed by atoms with Crippen LogP contribution in [0.1, 0.15) is 0 Å². The number of rotatable bonds is 6. The smallest absolute Gasteiger partial charge is 0.399 e. The van der Waals surface area contributed by atoms with Crippen molar-refractivity contribution in [3.63, 3.8) is 0 Å². The predicted molar refractivity (Wildman–Crippen MR) is 40.6 cm³/mol. The summed E-state index contributed by atoms with van der Waals surface area (Å²) in [5, 5.41) is 0. The Hall–Kier alpha value is -0.0701. The van der Waals surface area contributed by atoms with Crippen molar-refractivity contribution in [3.8, 4) is 0 Å². The maximum Gasteiger partial charge on any atom is 0.627 e. The van der Waals surface area contributed by atoms with Gasteiger partial charge in [0.05, 0.1) is 0 Å². The van der Waals surface area contributed by atoms with E-state index in [9.17, 15) is 0 Å². The van der Waals surface area contributed by atoms with Crippen LogP contribution in [0.15, 0.2) is 0 Å². The largest absolute Gasteiger partial charge is 0.627 e. The first-order valence-corrected chi connectivity index (χ1v) is 3.05. The highest BCUT2D eigenvalue weighted by Gasteiger charge is 2.28. The van der Waals surface area contributed by atoms with E-state index in [0.717, 1.165) is 0 Å². The summed E-state index contributed by atoms with van der Waals surface area (Å²) in [6, 6.07) is 0. The predicted octanol–water partition coefficient (Wildman–Crippen LogP) is -0.442. The van der Waals surface area contributed by atoms with Gasteiger partial charge in [0, 0.05) is 28.4 Å². The van der Waals surface area contributed by atoms with Crippen LogP contribution in [-0.2, 0) is 23.2 Å². The SMILES string of the molecule is COB(OC)OB(OC)OC. The molecular formula is C4H12B2O5. The standard InChI is InChI=1S/C4H12B2O5/c1-7-5(8-2)11-6(9-3)10-4/h1-4H3. The van der Waals surface area contributed by atoms with E-state index in [1.807, 2.05) is 0 Å². The molecule has 0 heterocycles. The van der Waals surface area contributed by atoms with Crippen molar-refractivity contribution in [1.29, 1.82) is 0 Å². The van der Waals surface area contributed by atoms with E-state index in [0.29, 0.717) is 0 Å². The number of hydrogen-bond acceptors (Lipinski definition) is 5. The van der Waals surface area contributed by atoms with E-state index >= 15 is 0 Å². The molecule has 0 N–H and O–H groups in total. The van der Waals surface area contributed by atoms with Crippen LogP contribution < -0.4 is 0 Å².